The lowest BCUT2D eigenvalue weighted by atomic mass is 9.53. The first-order chi connectivity index (χ1) is 59.4. The van der Waals surface area contributed by atoms with Gasteiger partial charge >= 0.3 is 54.0 Å². The molecule has 35 heteroatoms. The van der Waals surface area contributed by atoms with Crippen molar-refractivity contribution in [2.45, 2.75) is 224 Å². The van der Waals surface area contributed by atoms with E-state index < -0.39 is 83.4 Å². The number of urea groups is 4. The number of hydrogen-bond acceptors (Lipinski definition) is 19. The molecule has 0 aromatic heterocycles. The fourth-order valence-corrected chi connectivity index (χ4v) is 18.9. The molecule has 12 fully saturated rings. The lowest BCUT2D eigenvalue weighted by Gasteiger charge is -2.56. The van der Waals surface area contributed by atoms with Crippen LogP contribution in [0.3, 0.4) is 0 Å². The average Bonchev–Trinajstić information content (AvgIpc) is 0.723. The molecular formula is C89H121F8N11O16. The first-order valence-corrected chi connectivity index (χ1v) is 42.9. The van der Waals surface area contributed by atoms with Crippen molar-refractivity contribution < 1.29 is 112 Å². The Morgan fingerprint density at radius 2 is 0.710 bits per heavy atom. The van der Waals surface area contributed by atoms with Gasteiger partial charge in [0.1, 0.15) is 17.5 Å². The number of nitrogens with zero attached hydrogens (tertiary/aromatic N) is 2. The number of anilines is 2. The number of amides is 8. The monoisotopic (exact) mass is 1750 g/mol. The van der Waals surface area contributed by atoms with Crippen LogP contribution in [0.4, 0.5) is 71.4 Å². The van der Waals surface area contributed by atoms with E-state index in [0.717, 1.165) is 110 Å². The Kier molecular flexibility index (Phi) is 44.2. The fraction of sp³-hybridized carbons (Fsp3) is 0.607. The molecule has 0 heterocycles. The van der Waals surface area contributed by atoms with Crippen LogP contribution in [0, 0.1) is 70.7 Å². The van der Waals surface area contributed by atoms with Crippen LogP contribution in [0.5, 0.6) is 0 Å². The van der Waals surface area contributed by atoms with Crippen molar-refractivity contribution in [3.05, 3.63) is 126 Å². The van der Waals surface area contributed by atoms with Gasteiger partial charge in [0.05, 0.1) is 44.3 Å². The normalized spacial score (nSPS) is 24.2. The van der Waals surface area contributed by atoms with Gasteiger partial charge in [0, 0.05) is 48.6 Å². The number of aliphatic imine (C=N–C) groups is 2. The Balaban J connectivity index is 0.000000228. The summed E-state index contributed by atoms with van der Waals surface area (Å²) in [6, 6.07) is 14.5. The number of rotatable bonds is 32. The van der Waals surface area contributed by atoms with Gasteiger partial charge in [-0.25, -0.2) is 74.7 Å². The highest BCUT2D eigenvalue weighted by Gasteiger charge is 2.54. The highest BCUT2D eigenvalue weighted by atomic mass is 19.2. The summed E-state index contributed by atoms with van der Waals surface area (Å²) in [6.45, 7) is 10.2. The van der Waals surface area contributed by atoms with E-state index in [1.165, 1.54) is 156 Å². The van der Waals surface area contributed by atoms with Crippen molar-refractivity contribution in [2.75, 3.05) is 76.4 Å². The van der Waals surface area contributed by atoms with Crippen LogP contribution in [0.2, 0.25) is 0 Å². The van der Waals surface area contributed by atoms with E-state index in [9.17, 15) is 87.9 Å². The highest BCUT2D eigenvalue weighted by molar-refractivity contribution is 5.90. The molecule has 10 N–H and O–H groups in total. The number of benzene rings is 3. The number of carbonyl (C=O) groups is 9. The average molecular weight is 1750 g/mol. The zero-order chi connectivity index (χ0) is 90.6. The summed E-state index contributed by atoms with van der Waals surface area (Å²) < 4.78 is 126. The zero-order valence-electron chi connectivity index (χ0n) is 71.3. The van der Waals surface area contributed by atoms with E-state index in [1.54, 1.807) is 40.7 Å². The quantitative estimate of drug-likeness (QED) is 0.00533. The molecule has 124 heavy (non-hydrogen) atoms. The molecule has 8 amide bonds. The van der Waals surface area contributed by atoms with Crippen molar-refractivity contribution in [1.29, 1.82) is 0 Å². The van der Waals surface area contributed by atoms with Crippen LogP contribution in [0.25, 0.3) is 0 Å². The van der Waals surface area contributed by atoms with Crippen LogP contribution in [0.15, 0.2) is 118 Å². The number of carbonyl (C=O) groups excluding carboxylic acids is 11. The second-order valence-electron chi connectivity index (χ2n) is 32.7. The zero-order valence-corrected chi connectivity index (χ0v) is 71.3. The Morgan fingerprint density at radius 3 is 1.02 bits per heavy atom. The van der Waals surface area contributed by atoms with Gasteiger partial charge in [-0.05, 0) is 346 Å². The number of halogens is 8. The summed E-state index contributed by atoms with van der Waals surface area (Å²) in [4.78, 5) is 130. The maximum atomic E-state index is 13.5. The molecule has 0 saturated heterocycles. The maximum absolute atomic E-state index is 13.5. The Labute approximate surface area is 719 Å². The van der Waals surface area contributed by atoms with Crippen LogP contribution in [-0.2, 0) is 57.2 Å². The van der Waals surface area contributed by atoms with Gasteiger partial charge in [0.15, 0.2) is 12.3 Å². The molecule has 12 aliphatic rings. The third-order valence-electron chi connectivity index (χ3n) is 22.7. The van der Waals surface area contributed by atoms with E-state index in [2.05, 4.69) is 76.2 Å². The largest absolute Gasteiger partial charge is 0.464 e. The summed E-state index contributed by atoms with van der Waals surface area (Å²) in [5.41, 5.74) is 6.40. The predicted octanol–water partition coefficient (Wildman–Crippen LogP) is 16.2. The molecule has 3 aromatic carbocycles. The number of esters is 5. The SMILES string of the molecule is CCOC(=O)/C(F)=C/CCN.CCOC(=O)/C(F)=C/CCNC(=O)NC12CC3CC(CC(C3)C1)C2.CCOC(=O)/C(F)=C/CCNC(=O)Nc1ccc(F)cc1.CCOC(=O)C(F)CCCNC(=O)NC12CC3CC(CC(C3)C1)C2.CCOC(=O)C(F)CCCNC(=O)Nc1ccc(F)cc1.O=C=NC12CC3CC(CC(C3)C1)C2.O=C=Nc1ccc(F)cc1. The van der Waals surface area contributed by atoms with Crippen molar-refractivity contribution in [2.24, 2.45) is 69.0 Å². The molecule has 684 valence electrons. The summed E-state index contributed by atoms with van der Waals surface area (Å²) >= 11 is 0. The van der Waals surface area contributed by atoms with Gasteiger partial charge in [0.25, 0.3) is 0 Å². The molecular weight excluding hydrogens is 1630 g/mol. The molecule has 3 aromatic rings. The first kappa shape index (κ1) is 102. The third-order valence-corrected chi connectivity index (χ3v) is 22.7. The molecule has 12 bridgehead atoms. The molecule has 12 saturated carbocycles. The van der Waals surface area contributed by atoms with Gasteiger partial charge < -0.3 is 72.0 Å². The van der Waals surface area contributed by atoms with Crippen LogP contribution in [0.1, 0.15) is 195 Å². The summed E-state index contributed by atoms with van der Waals surface area (Å²) in [6.07, 6.45) is 27.2. The highest BCUT2D eigenvalue weighted by Crippen LogP contribution is 2.58. The number of nitrogens with one attached hydrogen (secondary N) is 8. The molecule has 2 unspecified atom stereocenters. The Morgan fingerprint density at radius 1 is 0.419 bits per heavy atom. The number of nitrogens with two attached hydrogens (primary N) is 1. The van der Waals surface area contributed by atoms with Gasteiger partial charge in [0.2, 0.25) is 29.6 Å². The second-order valence-corrected chi connectivity index (χ2v) is 32.7. The van der Waals surface area contributed by atoms with Crippen molar-refractivity contribution in [3.8, 4) is 0 Å². The minimum atomic E-state index is -1.67. The van der Waals surface area contributed by atoms with E-state index >= 15 is 0 Å². The number of alkyl halides is 2. The predicted molar refractivity (Wildman–Crippen MR) is 447 cm³/mol. The number of isocyanates is 2. The molecule has 12 aliphatic carbocycles. The fourth-order valence-electron chi connectivity index (χ4n) is 18.9. The van der Waals surface area contributed by atoms with Crippen LogP contribution >= 0.6 is 0 Å². The third kappa shape index (κ3) is 36.7. The van der Waals surface area contributed by atoms with Crippen LogP contribution < -0.4 is 48.3 Å². The molecule has 0 aliphatic heterocycles. The van der Waals surface area contributed by atoms with Crippen molar-refractivity contribution in [1.82, 2.24) is 31.9 Å². The van der Waals surface area contributed by atoms with Gasteiger partial charge in [-0.1, -0.05) is 0 Å². The minimum Gasteiger partial charge on any atom is -0.464 e. The van der Waals surface area contributed by atoms with Crippen molar-refractivity contribution >= 4 is 83.2 Å². The van der Waals surface area contributed by atoms with Crippen molar-refractivity contribution in [3.63, 3.8) is 0 Å². The Hall–Kier alpha value is -10.5. The lowest BCUT2D eigenvalue weighted by Crippen LogP contribution is -2.61. The maximum Gasteiger partial charge on any atom is 0.366 e. The van der Waals surface area contributed by atoms with Gasteiger partial charge in [-0.15, -0.1) is 0 Å². The standard InChI is InChI=1S/C18H29FN2O3.C18H27FN2O3.C14H18F2N2O3.C14H16F2N2O3.C11H15NO.C7H12FNO2.C7H4FNO/c2*1-2-24-16(22)15(19)4-3-5-20-17(23)21-18-9-12-6-13(10-18)8-14(7-12)11-18;2*1-2-21-13(19)12(16)4-3-9-17-14(20)18-11-7-5-10(15)6-8-11;13-7-12-11-4-8-1-9(5-11)3-10(2-8)6-11;1-2-11-7(10)6(8)4-3-5-9;8-6-1-3-7(4-2-6)9-5-10/h12-15H,2-11H2,1H3,(H2,20,21,23);4,12-14H,2-3,5-11H2,1H3,(H2,20,21,23);5-8,12H,2-4,9H2,1H3,(H2,17,18,20);4-8H,2-3,9H2,1H3,(H2,17,18,20);8-10H,1-6H2;4H,2-3,5,9H2,1H3;1-4H/b;15-4-;;12-4-;;6-4-;. The molecule has 2 atom stereocenters. The molecule has 27 nitrogen and oxygen atoms in total. The Bertz CT molecular complexity index is 4010. The first-order valence-electron chi connectivity index (χ1n) is 42.9. The van der Waals surface area contributed by atoms with Gasteiger partial charge in [-0.3, -0.25) is 0 Å². The molecule has 15 rings (SSSR count). The molecule has 0 radical (unpaired) electrons. The van der Waals surface area contributed by atoms with E-state index in [1.807, 2.05) is 0 Å². The van der Waals surface area contributed by atoms with Crippen LogP contribution in [-0.4, -0.2) is 161 Å². The second kappa shape index (κ2) is 53.6. The van der Waals surface area contributed by atoms with E-state index in [0.29, 0.717) is 56.0 Å². The van der Waals surface area contributed by atoms with E-state index in [4.69, 9.17) is 5.73 Å². The van der Waals surface area contributed by atoms with E-state index in [-0.39, 0.29) is 106 Å². The summed E-state index contributed by atoms with van der Waals surface area (Å²) in [5.74, 6) is -1.15. The topological polar surface area (TPSA) is 381 Å². The molecule has 0 spiro atoms. The smallest absolute Gasteiger partial charge is 0.366 e. The number of ether oxygens (including phenoxy) is 5. The van der Waals surface area contributed by atoms with Gasteiger partial charge in [-0.2, -0.15) is 23.2 Å². The lowest BCUT2D eigenvalue weighted by molar-refractivity contribution is -0.150. The minimum absolute atomic E-state index is 0.00755. The summed E-state index contributed by atoms with van der Waals surface area (Å²) in [7, 11) is 0. The summed E-state index contributed by atoms with van der Waals surface area (Å²) in [5, 5.41) is 22.0. The number of hydrogen-bond donors (Lipinski definition) is 9.